The molecule has 0 aromatic heterocycles. The monoisotopic (exact) mass is 480 g/mol. The lowest BCUT2D eigenvalue weighted by Gasteiger charge is -2.32. The van der Waals surface area contributed by atoms with Crippen LogP contribution in [0.3, 0.4) is 0 Å². The standard InChI is InChI=1S/C25H28N2O6Si/c1-15-20(23(28)32-5)22(18-13-9-10-14-19(18)27(30)31)21(16(2)26-15)24(29)33-25(3,4)34-17-11-7-6-8-12-17/h6-14,22,26H,34H2,1-5H3. The van der Waals surface area contributed by atoms with E-state index < -0.39 is 37.5 Å². The minimum Gasteiger partial charge on any atom is -0.466 e. The van der Waals surface area contributed by atoms with Crippen molar-refractivity contribution in [2.45, 2.75) is 38.8 Å². The Morgan fingerprint density at radius 1 is 0.971 bits per heavy atom. The minimum absolute atomic E-state index is 0.132. The highest BCUT2D eigenvalue weighted by Gasteiger charge is 2.41. The number of rotatable bonds is 7. The molecule has 0 fully saturated rings. The fourth-order valence-electron chi connectivity index (χ4n) is 4.28. The number of allylic oxidation sites excluding steroid dienone is 2. The van der Waals surface area contributed by atoms with Gasteiger partial charge in [0.15, 0.2) is 0 Å². The van der Waals surface area contributed by atoms with E-state index in [2.05, 4.69) is 5.32 Å². The van der Waals surface area contributed by atoms with Crippen LogP contribution in [-0.2, 0) is 19.1 Å². The van der Waals surface area contributed by atoms with Crippen molar-refractivity contribution in [1.82, 2.24) is 5.32 Å². The van der Waals surface area contributed by atoms with Crippen LogP contribution in [-0.4, -0.2) is 38.7 Å². The van der Waals surface area contributed by atoms with E-state index in [-0.39, 0.29) is 22.4 Å². The van der Waals surface area contributed by atoms with Crippen LogP contribution in [0.25, 0.3) is 0 Å². The average molecular weight is 481 g/mol. The molecule has 0 spiro atoms. The van der Waals surface area contributed by atoms with E-state index in [0.717, 1.165) is 5.19 Å². The average Bonchev–Trinajstić information content (AvgIpc) is 2.77. The maximum Gasteiger partial charge on any atom is 0.336 e. The smallest absolute Gasteiger partial charge is 0.336 e. The van der Waals surface area contributed by atoms with Gasteiger partial charge in [-0.25, -0.2) is 9.59 Å². The number of ether oxygens (including phenoxy) is 2. The third-order valence-electron chi connectivity index (χ3n) is 5.67. The number of esters is 2. The quantitative estimate of drug-likeness (QED) is 0.281. The van der Waals surface area contributed by atoms with Crippen LogP contribution in [0.15, 0.2) is 77.1 Å². The van der Waals surface area contributed by atoms with Gasteiger partial charge in [-0.3, -0.25) is 10.1 Å². The highest BCUT2D eigenvalue weighted by atomic mass is 28.2. The van der Waals surface area contributed by atoms with Gasteiger partial charge in [-0.1, -0.05) is 53.7 Å². The molecule has 3 rings (SSSR count). The molecular formula is C25H28N2O6Si. The Morgan fingerprint density at radius 2 is 1.53 bits per heavy atom. The summed E-state index contributed by atoms with van der Waals surface area (Å²) in [5.41, 5.74) is 1.23. The third kappa shape index (κ3) is 5.25. The SMILES string of the molecule is COC(=O)C1=C(C)NC(C)=C(C(=O)OC(C)(C)[SiH2]c2ccccc2)C1c1ccccc1[N+](=O)[O-]. The molecule has 0 saturated carbocycles. The van der Waals surface area contributed by atoms with E-state index in [0.29, 0.717) is 11.4 Å². The van der Waals surface area contributed by atoms with Crippen LogP contribution in [0.4, 0.5) is 5.69 Å². The van der Waals surface area contributed by atoms with E-state index in [1.807, 2.05) is 44.2 Å². The summed E-state index contributed by atoms with van der Waals surface area (Å²) in [6.07, 6.45) is 0. The van der Waals surface area contributed by atoms with Crippen LogP contribution in [0.5, 0.6) is 0 Å². The van der Waals surface area contributed by atoms with Crippen molar-refractivity contribution in [3.8, 4) is 0 Å². The number of nitro groups is 1. The Labute approximate surface area is 200 Å². The van der Waals surface area contributed by atoms with Gasteiger partial charge < -0.3 is 14.8 Å². The van der Waals surface area contributed by atoms with E-state index in [1.165, 1.54) is 13.2 Å². The van der Waals surface area contributed by atoms with Gasteiger partial charge in [0, 0.05) is 23.0 Å². The van der Waals surface area contributed by atoms with Crippen LogP contribution in [0, 0.1) is 10.1 Å². The molecule has 34 heavy (non-hydrogen) atoms. The first-order valence-electron chi connectivity index (χ1n) is 10.8. The third-order valence-corrected chi connectivity index (χ3v) is 7.55. The number of carbonyl (C=O) groups excluding carboxylic acids is 2. The molecule has 9 heteroatoms. The summed E-state index contributed by atoms with van der Waals surface area (Å²) in [5.74, 6) is -2.32. The zero-order valence-electron chi connectivity index (χ0n) is 19.9. The summed E-state index contributed by atoms with van der Waals surface area (Å²) in [7, 11) is 0.212. The molecule has 1 aliphatic heterocycles. The van der Waals surface area contributed by atoms with Crippen LogP contribution >= 0.6 is 0 Å². The largest absolute Gasteiger partial charge is 0.466 e. The first-order valence-corrected chi connectivity index (χ1v) is 12.2. The number of hydrogen-bond donors (Lipinski definition) is 1. The second-order valence-corrected chi connectivity index (χ2v) is 11.6. The highest BCUT2D eigenvalue weighted by Crippen LogP contribution is 2.42. The lowest BCUT2D eigenvalue weighted by molar-refractivity contribution is -0.385. The van der Waals surface area contributed by atoms with E-state index in [9.17, 15) is 19.7 Å². The van der Waals surface area contributed by atoms with Crippen molar-refractivity contribution in [2.75, 3.05) is 7.11 Å². The van der Waals surface area contributed by atoms with Crippen molar-refractivity contribution >= 4 is 32.3 Å². The highest BCUT2D eigenvalue weighted by molar-refractivity contribution is 6.56. The fraction of sp³-hybridized carbons (Fsp3) is 0.280. The molecule has 1 aliphatic rings. The molecule has 1 N–H and O–H groups in total. The maximum atomic E-state index is 13.6. The molecule has 1 heterocycles. The van der Waals surface area contributed by atoms with E-state index in [1.54, 1.807) is 32.0 Å². The predicted molar refractivity (Wildman–Crippen MR) is 131 cm³/mol. The lowest BCUT2D eigenvalue weighted by atomic mass is 9.79. The topological polar surface area (TPSA) is 108 Å². The van der Waals surface area contributed by atoms with Gasteiger partial charge >= 0.3 is 11.9 Å². The van der Waals surface area contributed by atoms with Gasteiger partial charge in [0.25, 0.3) is 5.69 Å². The molecule has 1 atom stereocenters. The maximum absolute atomic E-state index is 13.6. The number of dihydropyridines is 1. The van der Waals surface area contributed by atoms with Gasteiger partial charge in [0.2, 0.25) is 0 Å². The molecule has 0 amide bonds. The van der Waals surface area contributed by atoms with Crippen molar-refractivity contribution in [2.24, 2.45) is 0 Å². The minimum atomic E-state index is -1.02. The summed E-state index contributed by atoms with van der Waals surface area (Å²) >= 11 is 0. The Hall–Kier alpha value is -3.72. The van der Waals surface area contributed by atoms with Gasteiger partial charge in [-0.2, -0.15) is 0 Å². The van der Waals surface area contributed by atoms with Gasteiger partial charge in [-0.05, 0) is 27.7 Å². The predicted octanol–water partition coefficient (Wildman–Crippen LogP) is 2.78. The first-order chi connectivity index (χ1) is 16.1. The second kappa shape index (κ2) is 10.0. The summed E-state index contributed by atoms with van der Waals surface area (Å²) in [5, 5.41) is 15.3. The van der Waals surface area contributed by atoms with Crippen LogP contribution in [0.1, 0.15) is 39.2 Å². The van der Waals surface area contributed by atoms with Crippen molar-refractivity contribution in [3.63, 3.8) is 0 Å². The number of benzene rings is 2. The summed E-state index contributed by atoms with van der Waals surface area (Å²) in [6.45, 7) is 7.08. The number of nitrogens with one attached hydrogen (secondary N) is 1. The Kier molecular flexibility index (Phi) is 7.36. The van der Waals surface area contributed by atoms with E-state index in [4.69, 9.17) is 9.47 Å². The number of methoxy groups -OCH3 is 1. The van der Waals surface area contributed by atoms with Crippen LogP contribution in [0.2, 0.25) is 0 Å². The van der Waals surface area contributed by atoms with E-state index >= 15 is 0 Å². The summed E-state index contributed by atoms with van der Waals surface area (Å²) < 4.78 is 11.0. The molecule has 8 nitrogen and oxygen atoms in total. The second-order valence-electron chi connectivity index (χ2n) is 8.75. The molecule has 0 bridgehead atoms. The normalized spacial score (nSPS) is 16.4. The number of nitro benzene ring substituents is 1. The van der Waals surface area contributed by atoms with Crippen LogP contribution < -0.4 is 10.5 Å². The van der Waals surface area contributed by atoms with Gasteiger partial charge in [0.05, 0.1) is 34.3 Å². The van der Waals surface area contributed by atoms with Gasteiger partial charge in [-0.15, -0.1) is 0 Å². The summed E-state index contributed by atoms with van der Waals surface area (Å²) in [6, 6.07) is 15.9. The molecule has 178 valence electrons. The zero-order valence-corrected chi connectivity index (χ0v) is 21.3. The molecule has 2 aromatic carbocycles. The summed E-state index contributed by atoms with van der Waals surface area (Å²) in [4.78, 5) is 37.7. The number of para-hydroxylation sites is 1. The molecule has 2 aromatic rings. The van der Waals surface area contributed by atoms with Crippen molar-refractivity contribution in [1.29, 1.82) is 0 Å². The van der Waals surface area contributed by atoms with Crippen molar-refractivity contribution < 1.29 is 24.0 Å². The molecule has 1 unspecified atom stereocenters. The van der Waals surface area contributed by atoms with Gasteiger partial charge in [0.1, 0.15) is 9.52 Å². The Bertz CT molecular complexity index is 1190. The number of hydrogen-bond acceptors (Lipinski definition) is 7. The Morgan fingerprint density at radius 3 is 2.12 bits per heavy atom. The Balaban J connectivity index is 2.08. The molecular weight excluding hydrogens is 452 g/mol. The number of nitrogens with zero attached hydrogens (tertiary/aromatic N) is 1. The zero-order chi connectivity index (χ0) is 25.0. The molecule has 0 radical (unpaired) electrons. The molecule has 0 saturated heterocycles. The lowest BCUT2D eigenvalue weighted by Crippen LogP contribution is -2.43. The number of carbonyl (C=O) groups is 2. The van der Waals surface area contributed by atoms with Crippen molar-refractivity contribution in [3.05, 3.63) is 92.8 Å². The molecule has 0 aliphatic carbocycles. The first kappa shape index (κ1) is 24.9. The fourth-order valence-corrected chi connectivity index (χ4v) is 5.98.